The first-order valence-corrected chi connectivity index (χ1v) is 20.5. The molecule has 4 aliphatic rings. The highest BCUT2D eigenvalue weighted by Gasteiger charge is 2.55. The molecule has 6 nitrogen and oxygen atoms in total. The van der Waals surface area contributed by atoms with Crippen LogP contribution in [0.2, 0.25) is 0 Å². The third-order valence-corrected chi connectivity index (χ3v) is 13.2. The highest BCUT2D eigenvalue weighted by Crippen LogP contribution is 2.67. The summed E-state index contributed by atoms with van der Waals surface area (Å²) in [6.07, 6.45) is 9.99. The molecule has 1 atom stereocenters. The van der Waals surface area contributed by atoms with Crippen LogP contribution in [-0.2, 0) is 15.8 Å². The minimum absolute atomic E-state index is 0.127. The predicted molar refractivity (Wildman–Crippen MR) is 231 cm³/mol. The zero-order valence-corrected chi connectivity index (χ0v) is 34.0. The molecule has 1 spiro atoms. The van der Waals surface area contributed by atoms with Gasteiger partial charge in [-0.05, 0) is 112 Å². The van der Waals surface area contributed by atoms with Crippen molar-refractivity contribution >= 4 is 22.5 Å². The number of morpholine rings is 1. The lowest BCUT2D eigenvalue weighted by molar-refractivity contribution is 0.0642. The molecule has 0 amide bonds. The number of aromatic amines is 1. The maximum Gasteiger partial charge on any atom is 0.178 e. The second kappa shape index (κ2) is 13.0. The lowest BCUT2D eigenvalue weighted by Crippen LogP contribution is -2.44. The number of aromatic nitrogens is 1. The Morgan fingerprint density at radius 1 is 0.702 bits per heavy atom. The summed E-state index contributed by atoms with van der Waals surface area (Å²) in [7, 11) is 3.48. The van der Waals surface area contributed by atoms with Crippen molar-refractivity contribution in [2.45, 2.75) is 58.0 Å². The molecule has 2 aliphatic carbocycles. The van der Waals surface area contributed by atoms with Gasteiger partial charge in [-0.15, -0.1) is 0 Å². The second-order valence-corrected chi connectivity index (χ2v) is 18.2. The SMILES string of the molecule is COc1ccc(C2(c3ccc(N4CCOCC4)cc3)C=Cc3c4c(c5cc(-c6ccc[nH]6)c(OC)cc5c3O2)-c2ccccc2C42CC(C)(C)CC(C)(C)C2)cc1. The fraction of sp³-hybridized carbons (Fsp3) is 0.333. The van der Waals surface area contributed by atoms with Crippen LogP contribution in [0.1, 0.15) is 74.8 Å². The zero-order chi connectivity index (χ0) is 39.2. The molecule has 1 N–H and O–H groups in total. The monoisotopic (exact) mass is 756 g/mol. The van der Waals surface area contributed by atoms with Crippen molar-refractivity contribution in [2.24, 2.45) is 10.8 Å². The Kier molecular flexibility index (Phi) is 8.22. The van der Waals surface area contributed by atoms with Crippen LogP contribution < -0.4 is 19.1 Å². The Hall–Kier alpha value is -5.46. The van der Waals surface area contributed by atoms with Crippen molar-refractivity contribution in [1.82, 2.24) is 4.98 Å². The van der Waals surface area contributed by atoms with Gasteiger partial charge < -0.3 is 28.8 Å². The molecule has 0 bridgehead atoms. The number of H-pyrrole nitrogens is 1. The first-order chi connectivity index (χ1) is 27.5. The number of fused-ring (bicyclic) bond motifs is 10. The number of nitrogens with one attached hydrogen (secondary N) is 1. The number of methoxy groups -OCH3 is 2. The molecule has 290 valence electrons. The van der Waals surface area contributed by atoms with E-state index in [1.165, 1.54) is 45.3 Å². The largest absolute Gasteiger partial charge is 0.497 e. The number of ether oxygens (including phenoxy) is 4. The normalized spacial score (nSPS) is 21.1. The maximum atomic E-state index is 7.83. The van der Waals surface area contributed by atoms with Gasteiger partial charge in [0.1, 0.15) is 17.2 Å². The van der Waals surface area contributed by atoms with E-state index >= 15 is 0 Å². The van der Waals surface area contributed by atoms with E-state index in [0.717, 1.165) is 84.2 Å². The van der Waals surface area contributed by atoms with Crippen molar-refractivity contribution in [3.8, 4) is 39.6 Å². The van der Waals surface area contributed by atoms with E-state index in [-0.39, 0.29) is 16.2 Å². The lowest BCUT2D eigenvalue weighted by atomic mass is 9.52. The van der Waals surface area contributed by atoms with Gasteiger partial charge in [0, 0.05) is 63.7 Å². The average Bonchev–Trinajstić information content (AvgIpc) is 3.85. The summed E-state index contributed by atoms with van der Waals surface area (Å²) in [5, 5.41) is 2.23. The number of anilines is 1. The van der Waals surface area contributed by atoms with Gasteiger partial charge in [-0.3, -0.25) is 0 Å². The molecule has 10 rings (SSSR count). The number of hydrogen-bond donors (Lipinski definition) is 1. The van der Waals surface area contributed by atoms with Crippen LogP contribution in [0.15, 0.2) is 109 Å². The summed E-state index contributed by atoms with van der Waals surface area (Å²) < 4.78 is 25.4. The van der Waals surface area contributed by atoms with Crippen LogP contribution in [0, 0.1) is 10.8 Å². The van der Waals surface area contributed by atoms with Crippen LogP contribution in [0.25, 0.3) is 39.2 Å². The molecule has 2 aliphatic heterocycles. The van der Waals surface area contributed by atoms with E-state index in [9.17, 15) is 0 Å². The first-order valence-electron chi connectivity index (χ1n) is 20.5. The molecular weight excluding hydrogens is 705 g/mol. The summed E-state index contributed by atoms with van der Waals surface area (Å²) in [4.78, 5) is 5.87. The van der Waals surface area contributed by atoms with Gasteiger partial charge in [-0.2, -0.15) is 0 Å². The fourth-order valence-electron chi connectivity index (χ4n) is 11.6. The minimum Gasteiger partial charge on any atom is -0.497 e. The van der Waals surface area contributed by atoms with Gasteiger partial charge in [-0.25, -0.2) is 0 Å². The maximum absolute atomic E-state index is 7.83. The Balaban J connectivity index is 1.27. The first kappa shape index (κ1) is 35.9. The molecule has 57 heavy (non-hydrogen) atoms. The zero-order valence-electron chi connectivity index (χ0n) is 34.0. The molecule has 5 aromatic carbocycles. The summed E-state index contributed by atoms with van der Waals surface area (Å²) in [6.45, 7) is 13.1. The van der Waals surface area contributed by atoms with E-state index in [0.29, 0.717) is 0 Å². The van der Waals surface area contributed by atoms with Crippen LogP contribution in [-0.4, -0.2) is 45.5 Å². The van der Waals surface area contributed by atoms with E-state index in [1.807, 2.05) is 24.4 Å². The van der Waals surface area contributed by atoms with Crippen molar-refractivity contribution in [2.75, 3.05) is 45.4 Å². The van der Waals surface area contributed by atoms with Crippen molar-refractivity contribution in [1.29, 1.82) is 0 Å². The molecule has 1 saturated heterocycles. The molecule has 2 fully saturated rings. The second-order valence-electron chi connectivity index (χ2n) is 18.2. The van der Waals surface area contributed by atoms with Crippen LogP contribution >= 0.6 is 0 Å². The number of benzene rings is 5. The topological polar surface area (TPSA) is 56.0 Å². The number of hydrogen-bond acceptors (Lipinski definition) is 5. The van der Waals surface area contributed by atoms with E-state index in [4.69, 9.17) is 18.9 Å². The number of nitrogens with zero attached hydrogens (tertiary/aromatic N) is 1. The van der Waals surface area contributed by atoms with Gasteiger partial charge in [0.25, 0.3) is 0 Å². The predicted octanol–water partition coefficient (Wildman–Crippen LogP) is 11.5. The molecule has 6 aromatic rings. The van der Waals surface area contributed by atoms with Gasteiger partial charge in [0.05, 0.1) is 27.4 Å². The Morgan fingerprint density at radius 3 is 2.07 bits per heavy atom. The van der Waals surface area contributed by atoms with Crippen molar-refractivity contribution in [3.63, 3.8) is 0 Å². The molecule has 0 radical (unpaired) electrons. The fourth-order valence-corrected chi connectivity index (χ4v) is 11.6. The van der Waals surface area contributed by atoms with Crippen molar-refractivity contribution < 1.29 is 18.9 Å². The summed E-state index contributed by atoms with van der Waals surface area (Å²) >= 11 is 0. The Labute approximate surface area is 336 Å². The van der Waals surface area contributed by atoms with Gasteiger partial charge >= 0.3 is 0 Å². The van der Waals surface area contributed by atoms with E-state index < -0.39 is 5.60 Å². The standard InChI is InChI=1S/C51H52N2O4/c1-48(2)30-49(3,4)32-50(31-48)42-11-8-7-10-37(42)45-39-28-41(43-12-9-23-52-43)44(55-6)29-40(39)47-38(46(45)50)21-22-51(57-47,34-15-19-36(54-5)20-16-34)33-13-17-35(18-14-33)53-24-26-56-27-25-53/h7-23,28-29,52H,24-27,30-32H2,1-6H3. The third kappa shape index (κ3) is 5.62. The Bertz CT molecular complexity index is 2510. The third-order valence-electron chi connectivity index (χ3n) is 13.2. The molecule has 1 unspecified atom stereocenters. The minimum atomic E-state index is -0.918. The van der Waals surface area contributed by atoms with Gasteiger partial charge in [-0.1, -0.05) is 82.3 Å². The summed E-state index contributed by atoms with van der Waals surface area (Å²) in [6, 6.07) is 35.3. The molecule has 6 heteroatoms. The molecule has 1 aromatic heterocycles. The van der Waals surface area contributed by atoms with Crippen LogP contribution in [0.4, 0.5) is 5.69 Å². The Morgan fingerprint density at radius 2 is 1.40 bits per heavy atom. The smallest absolute Gasteiger partial charge is 0.178 e. The van der Waals surface area contributed by atoms with E-state index in [2.05, 4.69) is 129 Å². The highest BCUT2D eigenvalue weighted by atomic mass is 16.5. The van der Waals surface area contributed by atoms with Crippen LogP contribution in [0.5, 0.6) is 17.2 Å². The summed E-state index contributed by atoms with van der Waals surface area (Å²) in [5.74, 6) is 2.50. The summed E-state index contributed by atoms with van der Waals surface area (Å²) in [5.41, 5.74) is 11.1. The highest BCUT2D eigenvalue weighted by molar-refractivity contribution is 6.10. The average molecular weight is 757 g/mol. The lowest BCUT2D eigenvalue weighted by Gasteiger charge is -2.52. The number of rotatable bonds is 6. The van der Waals surface area contributed by atoms with Crippen LogP contribution in [0.3, 0.4) is 0 Å². The quantitative estimate of drug-likeness (QED) is 0.183. The molecule has 3 heterocycles. The van der Waals surface area contributed by atoms with E-state index in [1.54, 1.807) is 14.2 Å². The van der Waals surface area contributed by atoms with Gasteiger partial charge in [0.2, 0.25) is 0 Å². The molecular formula is C51H52N2O4. The molecule has 1 saturated carbocycles. The van der Waals surface area contributed by atoms with Crippen molar-refractivity contribution in [3.05, 3.63) is 137 Å². The van der Waals surface area contributed by atoms with Gasteiger partial charge in [0.15, 0.2) is 5.60 Å².